The Kier molecular flexibility index (Phi) is 9.49. The summed E-state index contributed by atoms with van der Waals surface area (Å²) in [5.41, 5.74) is -2.24. The maximum absolute atomic E-state index is 13.3. The number of likely N-dealkylation sites (tertiary alicyclic amines) is 1. The number of methoxy groups -OCH3 is 1. The molecule has 3 heterocycles. The fourth-order valence-electron chi connectivity index (χ4n) is 4.23. The summed E-state index contributed by atoms with van der Waals surface area (Å²) in [6, 6.07) is -0.584. The van der Waals surface area contributed by atoms with Gasteiger partial charge in [-0.15, -0.1) is 0 Å². The summed E-state index contributed by atoms with van der Waals surface area (Å²) in [7, 11) is 1.44. The van der Waals surface area contributed by atoms with Crippen molar-refractivity contribution in [2.75, 3.05) is 25.6 Å². The van der Waals surface area contributed by atoms with E-state index in [2.05, 4.69) is 10.4 Å². The number of fused-ring (bicyclic) bond motifs is 1. The summed E-state index contributed by atoms with van der Waals surface area (Å²) in [5, 5.41) is 41.1. The molecule has 1 aromatic heterocycles. The van der Waals surface area contributed by atoms with Crippen molar-refractivity contribution in [1.82, 2.24) is 14.7 Å². The highest BCUT2D eigenvalue weighted by molar-refractivity contribution is 5.88. The van der Waals surface area contributed by atoms with E-state index < -0.39 is 48.6 Å². The molecule has 5 N–H and O–H groups in total. The van der Waals surface area contributed by atoms with Crippen molar-refractivity contribution in [3.8, 4) is 0 Å². The molecule has 3 atom stereocenters. The molecule has 2 aliphatic rings. The fraction of sp³-hybridized carbons (Fsp3) is 0.667. The number of nitrogens with one attached hydrogen (secondary N) is 1. The van der Waals surface area contributed by atoms with E-state index in [1.807, 2.05) is 0 Å². The Hall–Kier alpha value is -3.40. The average Bonchev–Trinajstić information content (AvgIpc) is 3.38. The smallest absolute Gasteiger partial charge is 0.410 e. The second-order valence-corrected chi connectivity index (χ2v) is 8.89. The minimum Gasteiger partial charge on any atom is -0.481 e. The first-order chi connectivity index (χ1) is 17.1. The summed E-state index contributed by atoms with van der Waals surface area (Å²) in [4.78, 5) is 44.2. The predicted molar refractivity (Wildman–Crippen MR) is 118 cm³/mol. The number of nitrogens with zero attached hydrogens (tertiary/aromatic N) is 3. The van der Waals surface area contributed by atoms with Crippen LogP contribution in [0.25, 0.3) is 0 Å². The molecular formula is C21H29F3N4O9. The summed E-state index contributed by atoms with van der Waals surface area (Å²) in [5.74, 6) is -4.83. The van der Waals surface area contributed by atoms with E-state index in [0.717, 1.165) is 11.1 Å². The molecule has 37 heavy (non-hydrogen) atoms. The standard InChI is InChI=1S/C15H21F3N4O2.C6H8O7/c1-9-6-12(15(16,17)18)22-13(19-9)7-10(20-22)11-4-3-5-21(11)14(23)8-24-2;7-3(8)1-6(13,5(11)12)2-4(9)10/h7,9,11-12,19H,3-6,8H2,1-2H3;13H,1-2H2,(H,7,8)(H,9,10)(H,11,12)/t9-,11?,12-;/m1./s1. The highest BCUT2D eigenvalue weighted by Gasteiger charge is 2.46. The van der Waals surface area contributed by atoms with Crippen molar-refractivity contribution in [2.45, 2.75) is 68.9 Å². The Morgan fingerprint density at radius 2 is 1.76 bits per heavy atom. The quantitative estimate of drug-likeness (QED) is 0.320. The molecule has 0 aliphatic carbocycles. The summed E-state index contributed by atoms with van der Waals surface area (Å²) >= 11 is 0. The number of rotatable bonds is 8. The Balaban J connectivity index is 0.000000317. The first-order valence-corrected chi connectivity index (χ1v) is 11.2. The van der Waals surface area contributed by atoms with E-state index in [1.165, 1.54) is 7.11 Å². The highest BCUT2D eigenvalue weighted by Crippen LogP contribution is 2.41. The van der Waals surface area contributed by atoms with Gasteiger partial charge in [0.05, 0.1) is 24.6 Å². The van der Waals surface area contributed by atoms with Gasteiger partial charge in [0.25, 0.3) is 0 Å². The minimum absolute atomic E-state index is 0.0372. The van der Waals surface area contributed by atoms with Crippen molar-refractivity contribution in [1.29, 1.82) is 0 Å². The number of carbonyl (C=O) groups is 4. The lowest BCUT2D eigenvalue weighted by Gasteiger charge is -2.31. The predicted octanol–water partition coefficient (Wildman–Crippen LogP) is 1.25. The molecule has 0 radical (unpaired) electrons. The molecule has 13 nitrogen and oxygen atoms in total. The number of carboxylic acid groups (broad SMARTS) is 3. The molecule has 1 amide bonds. The number of aromatic nitrogens is 2. The summed E-state index contributed by atoms with van der Waals surface area (Å²) < 4.78 is 45.8. The molecule has 0 bridgehead atoms. The van der Waals surface area contributed by atoms with Gasteiger partial charge in [0, 0.05) is 25.8 Å². The molecule has 16 heteroatoms. The average molecular weight is 538 g/mol. The van der Waals surface area contributed by atoms with Crippen LogP contribution in [0.4, 0.5) is 19.0 Å². The van der Waals surface area contributed by atoms with Crippen molar-refractivity contribution in [2.24, 2.45) is 0 Å². The topological polar surface area (TPSA) is 192 Å². The molecule has 1 fully saturated rings. The van der Waals surface area contributed by atoms with Crippen LogP contribution in [0.5, 0.6) is 0 Å². The van der Waals surface area contributed by atoms with E-state index >= 15 is 0 Å². The zero-order chi connectivity index (χ0) is 28.1. The van der Waals surface area contributed by atoms with Crippen LogP contribution < -0.4 is 5.32 Å². The Labute approximate surface area is 208 Å². The van der Waals surface area contributed by atoms with Gasteiger partial charge >= 0.3 is 24.1 Å². The number of hydrogen-bond donors (Lipinski definition) is 5. The van der Waals surface area contributed by atoms with E-state index in [4.69, 9.17) is 25.2 Å². The monoisotopic (exact) mass is 538 g/mol. The molecule has 208 valence electrons. The molecule has 2 aliphatic heterocycles. The first-order valence-electron chi connectivity index (χ1n) is 11.2. The van der Waals surface area contributed by atoms with Gasteiger partial charge in [-0.05, 0) is 26.2 Å². The third-order valence-electron chi connectivity index (χ3n) is 5.87. The van der Waals surface area contributed by atoms with Crippen LogP contribution >= 0.6 is 0 Å². The number of aliphatic hydroxyl groups is 1. The third-order valence-corrected chi connectivity index (χ3v) is 5.87. The number of carbonyl (C=O) groups excluding carboxylic acids is 1. The summed E-state index contributed by atoms with van der Waals surface area (Å²) in [6.07, 6.45) is -5.21. The van der Waals surface area contributed by atoms with Crippen LogP contribution in [0.1, 0.15) is 56.8 Å². The Morgan fingerprint density at radius 1 is 1.16 bits per heavy atom. The zero-order valence-electron chi connectivity index (χ0n) is 20.1. The molecule has 3 rings (SSSR count). The van der Waals surface area contributed by atoms with Gasteiger partial charge in [-0.2, -0.15) is 18.3 Å². The second-order valence-electron chi connectivity index (χ2n) is 8.89. The molecule has 1 aromatic rings. The molecule has 0 aromatic carbocycles. The van der Waals surface area contributed by atoms with E-state index in [-0.39, 0.29) is 31.0 Å². The third kappa shape index (κ3) is 7.55. The van der Waals surface area contributed by atoms with Crippen molar-refractivity contribution in [3.05, 3.63) is 11.8 Å². The van der Waals surface area contributed by atoms with Gasteiger partial charge in [0.1, 0.15) is 12.4 Å². The minimum atomic E-state index is -4.35. The van der Waals surface area contributed by atoms with Crippen LogP contribution in [0, 0.1) is 0 Å². The molecule has 0 saturated carbocycles. The van der Waals surface area contributed by atoms with Crippen LogP contribution in [0.15, 0.2) is 6.07 Å². The number of alkyl halides is 3. The number of amides is 1. The van der Waals surface area contributed by atoms with E-state index in [9.17, 15) is 32.3 Å². The first kappa shape index (κ1) is 29.8. The van der Waals surface area contributed by atoms with Crippen LogP contribution in [-0.2, 0) is 23.9 Å². The van der Waals surface area contributed by atoms with Crippen LogP contribution in [0.3, 0.4) is 0 Å². The molecular weight excluding hydrogens is 509 g/mol. The lowest BCUT2D eigenvalue weighted by molar-refractivity contribution is -0.173. The number of ether oxygens (including phenoxy) is 1. The van der Waals surface area contributed by atoms with Crippen molar-refractivity contribution >= 4 is 29.6 Å². The van der Waals surface area contributed by atoms with Gasteiger partial charge in [0.15, 0.2) is 11.6 Å². The lowest BCUT2D eigenvalue weighted by Crippen LogP contribution is -2.42. The highest BCUT2D eigenvalue weighted by atomic mass is 19.4. The number of carboxylic acids is 3. The fourth-order valence-corrected chi connectivity index (χ4v) is 4.23. The van der Waals surface area contributed by atoms with Gasteiger partial charge in [-0.3, -0.25) is 14.4 Å². The largest absolute Gasteiger partial charge is 0.481 e. The SMILES string of the molecule is COCC(=O)N1CCCC1c1cc2n(n1)[C@@H](C(F)(F)F)C[C@@H](C)N2.O=C(O)CC(O)(CC(=O)O)C(=O)O. The van der Waals surface area contributed by atoms with Crippen LogP contribution in [-0.4, -0.2) is 97.0 Å². The van der Waals surface area contributed by atoms with Gasteiger partial charge in [-0.1, -0.05) is 0 Å². The lowest BCUT2D eigenvalue weighted by atomic mass is 9.96. The maximum Gasteiger partial charge on any atom is 0.410 e. The van der Waals surface area contributed by atoms with Crippen molar-refractivity contribution in [3.63, 3.8) is 0 Å². The van der Waals surface area contributed by atoms with E-state index in [0.29, 0.717) is 24.5 Å². The van der Waals surface area contributed by atoms with Gasteiger partial charge < -0.3 is 35.4 Å². The van der Waals surface area contributed by atoms with Gasteiger partial charge in [-0.25, -0.2) is 9.48 Å². The number of halogens is 3. The number of hydrogen-bond acceptors (Lipinski definition) is 8. The Morgan fingerprint density at radius 3 is 2.24 bits per heavy atom. The molecule has 1 unspecified atom stereocenters. The zero-order valence-corrected chi connectivity index (χ0v) is 20.1. The van der Waals surface area contributed by atoms with Crippen molar-refractivity contribution < 1.29 is 57.5 Å². The molecule has 0 spiro atoms. The molecule has 1 saturated heterocycles. The normalized spacial score (nSPS) is 21.4. The van der Waals surface area contributed by atoms with Crippen LogP contribution in [0.2, 0.25) is 0 Å². The van der Waals surface area contributed by atoms with E-state index in [1.54, 1.807) is 17.9 Å². The number of anilines is 1. The van der Waals surface area contributed by atoms with Gasteiger partial charge in [0.2, 0.25) is 5.91 Å². The number of aliphatic carboxylic acids is 3. The summed E-state index contributed by atoms with van der Waals surface area (Å²) in [6.45, 7) is 2.25. The Bertz CT molecular complexity index is 998. The second kappa shape index (κ2) is 11.8. The maximum atomic E-state index is 13.3.